The first-order valence-electron chi connectivity index (χ1n) is 6.52. The molecule has 1 heterocycles. The largest absolute Gasteiger partial charge is 0.352 e. The van der Waals surface area contributed by atoms with Crippen molar-refractivity contribution in [2.24, 2.45) is 12.0 Å². The monoisotopic (exact) mass is 400 g/mol. The molecule has 21 heavy (non-hydrogen) atoms. The van der Waals surface area contributed by atoms with E-state index in [0.717, 1.165) is 18.3 Å². The number of aliphatic imine (C=N–C) groups is 1. The van der Waals surface area contributed by atoms with E-state index in [-0.39, 0.29) is 24.0 Å². The average molecular weight is 400 g/mol. The molecule has 1 aromatic carbocycles. The fraction of sp³-hybridized carbons (Fsp3) is 0.357. The predicted octanol–water partition coefficient (Wildman–Crippen LogP) is 1.61. The van der Waals surface area contributed by atoms with Gasteiger partial charge in [-0.3, -0.25) is 4.99 Å². The third kappa shape index (κ3) is 5.00. The van der Waals surface area contributed by atoms with Crippen molar-refractivity contribution in [3.8, 4) is 0 Å². The van der Waals surface area contributed by atoms with E-state index in [1.54, 1.807) is 13.4 Å². The van der Waals surface area contributed by atoms with Gasteiger partial charge in [0.1, 0.15) is 6.33 Å². The molecule has 0 atom stereocenters. The highest BCUT2D eigenvalue weighted by Crippen LogP contribution is 2.05. The molecule has 2 aromatic rings. The number of nitrogens with zero attached hydrogens (tertiary/aromatic N) is 4. The predicted molar refractivity (Wildman–Crippen MR) is 94.6 cm³/mol. The highest BCUT2D eigenvalue weighted by atomic mass is 127. The summed E-state index contributed by atoms with van der Waals surface area (Å²) in [4.78, 5) is 4.20. The number of aromatic nitrogens is 3. The van der Waals surface area contributed by atoms with E-state index >= 15 is 0 Å². The number of rotatable bonds is 4. The lowest BCUT2D eigenvalue weighted by Gasteiger charge is -2.12. The normalized spacial score (nSPS) is 10.9. The van der Waals surface area contributed by atoms with Crippen molar-refractivity contribution in [3.63, 3.8) is 0 Å². The number of hydrogen-bond donors (Lipinski definition) is 2. The molecule has 0 aliphatic rings. The van der Waals surface area contributed by atoms with Crippen LogP contribution in [0, 0.1) is 6.92 Å². The molecule has 0 unspecified atom stereocenters. The Morgan fingerprint density at radius 3 is 2.57 bits per heavy atom. The topological polar surface area (TPSA) is 67.1 Å². The van der Waals surface area contributed by atoms with Crippen molar-refractivity contribution in [3.05, 3.63) is 47.5 Å². The minimum absolute atomic E-state index is 0. The van der Waals surface area contributed by atoms with Gasteiger partial charge in [0.25, 0.3) is 0 Å². The number of halogens is 1. The van der Waals surface area contributed by atoms with Gasteiger partial charge >= 0.3 is 0 Å². The Morgan fingerprint density at radius 2 is 1.95 bits per heavy atom. The van der Waals surface area contributed by atoms with Crippen LogP contribution in [0.3, 0.4) is 0 Å². The molecule has 1 aromatic heterocycles. The smallest absolute Gasteiger partial charge is 0.191 e. The second-order valence-electron chi connectivity index (χ2n) is 4.56. The van der Waals surface area contributed by atoms with Gasteiger partial charge in [-0.05, 0) is 18.1 Å². The van der Waals surface area contributed by atoms with Gasteiger partial charge < -0.3 is 15.2 Å². The van der Waals surface area contributed by atoms with Crippen LogP contribution >= 0.6 is 24.0 Å². The maximum absolute atomic E-state index is 4.20. The maximum atomic E-state index is 4.20. The number of guanidine groups is 1. The molecular formula is C14H21IN6. The van der Waals surface area contributed by atoms with Crippen LogP contribution in [-0.2, 0) is 20.1 Å². The van der Waals surface area contributed by atoms with Gasteiger partial charge in [0.05, 0.1) is 6.54 Å². The minimum atomic E-state index is 0. The Bertz CT molecular complexity index is 593. The first-order chi connectivity index (χ1) is 9.70. The molecule has 6 nitrogen and oxygen atoms in total. The van der Waals surface area contributed by atoms with E-state index in [4.69, 9.17) is 0 Å². The molecule has 7 heteroatoms. The zero-order valence-electron chi connectivity index (χ0n) is 12.5. The summed E-state index contributed by atoms with van der Waals surface area (Å²) in [6, 6.07) is 8.30. The lowest BCUT2D eigenvalue weighted by Crippen LogP contribution is -2.37. The van der Waals surface area contributed by atoms with Gasteiger partial charge in [0, 0.05) is 20.6 Å². The SMILES string of the molecule is CN=C(NCc1ccccc1C)NCc1nncn1C.I. The van der Waals surface area contributed by atoms with Crippen LogP contribution in [0.25, 0.3) is 0 Å². The standard InChI is InChI=1S/C14H20N6.HI/c1-11-6-4-5-7-12(11)8-16-14(15-2)17-9-13-19-18-10-20(13)3;/h4-7,10H,8-9H2,1-3H3,(H2,15,16,17);1H. The van der Waals surface area contributed by atoms with Crippen molar-refractivity contribution in [1.29, 1.82) is 0 Å². The van der Waals surface area contributed by atoms with Crippen molar-refractivity contribution in [2.75, 3.05) is 7.05 Å². The molecule has 114 valence electrons. The molecule has 0 aliphatic carbocycles. The number of hydrogen-bond acceptors (Lipinski definition) is 3. The highest BCUT2D eigenvalue weighted by molar-refractivity contribution is 14.0. The Kier molecular flexibility index (Phi) is 7.13. The Hall–Kier alpha value is -1.64. The third-order valence-corrected chi connectivity index (χ3v) is 3.15. The van der Waals surface area contributed by atoms with Gasteiger partial charge in [-0.15, -0.1) is 34.2 Å². The molecule has 0 saturated carbocycles. The van der Waals surface area contributed by atoms with Crippen molar-refractivity contribution in [2.45, 2.75) is 20.0 Å². The van der Waals surface area contributed by atoms with E-state index in [0.29, 0.717) is 6.54 Å². The first-order valence-corrected chi connectivity index (χ1v) is 6.52. The van der Waals surface area contributed by atoms with Crippen molar-refractivity contribution in [1.82, 2.24) is 25.4 Å². The molecule has 2 N–H and O–H groups in total. The molecule has 0 aliphatic heterocycles. The molecule has 0 spiro atoms. The Morgan fingerprint density at radius 1 is 1.24 bits per heavy atom. The van der Waals surface area contributed by atoms with E-state index in [1.807, 2.05) is 23.7 Å². The molecule has 0 saturated heterocycles. The average Bonchev–Trinajstić information content (AvgIpc) is 2.86. The van der Waals surface area contributed by atoms with Crippen LogP contribution in [0.15, 0.2) is 35.6 Å². The molecule has 0 bridgehead atoms. The zero-order valence-corrected chi connectivity index (χ0v) is 14.8. The van der Waals surface area contributed by atoms with Gasteiger partial charge in [-0.1, -0.05) is 24.3 Å². The summed E-state index contributed by atoms with van der Waals surface area (Å²) < 4.78 is 1.88. The van der Waals surface area contributed by atoms with Gasteiger partial charge in [0.15, 0.2) is 11.8 Å². The maximum Gasteiger partial charge on any atom is 0.191 e. The number of nitrogens with one attached hydrogen (secondary N) is 2. The van der Waals surface area contributed by atoms with Crippen LogP contribution in [0.2, 0.25) is 0 Å². The second kappa shape index (κ2) is 8.60. The first kappa shape index (κ1) is 17.4. The van der Waals surface area contributed by atoms with E-state index in [2.05, 4.69) is 44.9 Å². The van der Waals surface area contributed by atoms with Gasteiger partial charge in [-0.25, -0.2) is 0 Å². The quantitative estimate of drug-likeness (QED) is 0.465. The molecule has 2 rings (SSSR count). The summed E-state index contributed by atoms with van der Waals surface area (Å²) in [6.07, 6.45) is 1.68. The summed E-state index contributed by atoms with van der Waals surface area (Å²) >= 11 is 0. The van der Waals surface area contributed by atoms with Crippen molar-refractivity contribution < 1.29 is 0 Å². The molecule has 0 fully saturated rings. The van der Waals surface area contributed by atoms with E-state index < -0.39 is 0 Å². The van der Waals surface area contributed by atoms with Crippen molar-refractivity contribution >= 4 is 29.9 Å². The minimum Gasteiger partial charge on any atom is -0.352 e. The summed E-state index contributed by atoms with van der Waals surface area (Å²) in [5.74, 6) is 1.61. The Balaban J connectivity index is 0.00000220. The van der Waals surface area contributed by atoms with Crippen LogP contribution < -0.4 is 10.6 Å². The van der Waals surface area contributed by atoms with Gasteiger partial charge in [-0.2, -0.15) is 0 Å². The molecule has 0 amide bonds. The Labute approximate surface area is 142 Å². The lowest BCUT2D eigenvalue weighted by molar-refractivity contribution is 0.725. The summed E-state index contributed by atoms with van der Waals surface area (Å²) in [6.45, 7) is 3.43. The fourth-order valence-corrected chi connectivity index (χ4v) is 1.84. The number of benzene rings is 1. The lowest BCUT2D eigenvalue weighted by atomic mass is 10.1. The van der Waals surface area contributed by atoms with Crippen LogP contribution in [0.1, 0.15) is 17.0 Å². The highest BCUT2D eigenvalue weighted by Gasteiger charge is 2.03. The van der Waals surface area contributed by atoms with E-state index in [1.165, 1.54) is 11.1 Å². The van der Waals surface area contributed by atoms with Crippen LogP contribution in [-0.4, -0.2) is 27.8 Å². The zero-order chi connectivity index (χ0) is 14.4. The summed E-state index contributed by atoms with van der Waals surface area (Å²) in [5, 5.41) is 14.4. The third-order valence-electron chi connectivity index (χ3n) is 3.15. The van der Waals surface area contributed by atoms with E-state index in [9.17, 15) is 0 Å². The summed E-state index contributed by atoms with van der Waals surface area (Å²) in [7, 11) is 3.67. The second-order valence-corrected chi connectivity index (χ2v) is 4.56. The summed E-state index contributed by atoms with van der Waals surface area (Å²) in [5.41, 5.74) is 2.53. The molecular weight excluding hydrogens is 379 g/mol. The fourth-order valence-electron chi connectivity index (χ4n) is 1.84. The van der Waals surface area contributed by atoms with Crippen LogP contribution in [0.4, 0.5) is 0 Å². The van der Waals surface area contributed by atoms with Crippen LogP contribution in [0.5, 0.6) is 0 Å². The van der Waals surface area contributed by atoms with Gasteiger partial charge in [0.2, 0.25) is 0 Å². The molecule has 0 radical (unpaired) electrons. The number of aryl methyl sites for hydroxylation is 2.